The summed E-state index contributed by atoms with van der Waals surface area (Å²) in [4.78, 5) is 60.2. The van der Waals surface area contributed by atoms with E-state index in [1.54, 1.807) is 14.2 Å². The van der Waals surface area contributed by atoms with E-state index in [4.69, 9.17) is 30.5 Å². The van der Waals surface area contributed by atoms with Crippen molar-refractivity contribution in [3.63, 3.8) is 0 Å². The topological polar surface area (TPSA) is 151 Å². The van der Waals surface area contributed by atoms with E-state index < -0.39 is 12.0 Å². The molecular formula is C72H99ClN6O8S2. The number of allylic oxidation sites excluding steroid dienone is 1. The van der Waals surface area contributed by atoms with Crippen molar-refractivity contribution in [2.24, 2.45) is 4.99 Å². The van der Waals surface area contributed by atoms with Crippen molar-refractivity contribution in [3.05, 3.63) is 112 Å². The number of aldehydes is 2. The van der Waals surface area contributed by atoms with E-state index in [1.165, 1.54) is 100 Å². The van der Waals surface area contributed by atoms with Crippen LogP contribution in [0.3, 0.4) is 0 Å². The quantitative estimate of drug-likeness (QED) is 0.00955. The maximum absolute atomic E-state index is 13.1. The predicted molar refractivity (Wildman–Crippen MR) is 371 cm³/mol. The fourth-order valence-electron chi connectivity index (χ4n) is 12.6. The van der Waals surface area contributed by atoms with Crippen molar-refractivity contribution < 1.29 is 38.1 Å². The average molecular weight is 1280 g/mol. The maximum Gasteiger partial charge on any atom is 0.344 e. The smallest absolute Gasteiger partial charge is 0.344 e. The van der Waals surface area contributed by atoms with Gasteiger partial charge in [0.2, 0.25) is 5.91 Å². The van der Waals surface area contributed by atoms with E-state index in [0.29, 0.717) is 58.1 Å². The number of fused-ring (bicyclic) bond motifs is 1. The highest BCUT2D eigenvalue weighted by atomic mass is 35.5. The van der Waals surface area contributed by atoms with Crippen molar-refractivity contribution >= 4 is 93.9 Å². The average Bonchev–Trinajstić information content (AvgIpc) is 2.40. The number of likely N-dealkylation sites (N-methyl/N-ethyl adjacent to an activating group) is 2. The second-order valence-electron chi connectivity index (χ2n) is 24.6. The lowest BCUT2D eigenvalue weighted by Gasteiger charge is -2.45. The number of anilines is 2. The van der Waals surface area contributed by atoms with Gasteiger partial charge < -0.3 is 34.5 Å². The number of hydrogen-bond donors (Lipinski definition) is 2. The second-order valence-corrected chi connectivity index (χ2v) is 27.0. The van der Waals surface area contributed by atoms with Crippen molar-refractivity contribution in [1.29, 1.82) is 0 Å². The second kappa shape index (κ2) is 37.6. The minimum atomic E-state index is -0.475. The van der Waals surface area contributed by atoms with Gasteiger partial charge in [0.1, 0.15) is 34.1 Å². The summed E-state index contributed by atoms with van der Waals surface area (Å²) >= 11 is 10.0. The first kappa shape index (κ1) is 70.7. The summed E-state index contributed by atoms with van der Waals surface area (Å²) in [6.07, 6.45) is 28.6. The fourth-order valence-corrected chi connectivity index (χ4v) is 15.1. The Morgan fingerprint density at radius 3 is 2.15 bits per heavy atom. The van der Waals surface area contributed by atoms with E-state index in [2.05, 4.69) is 94.4 Å². The van der Waals surface area contributed by atoms with Gasteiger partial charge in [0.25, 0.3) is 0 Å². The third kappa shape index (κ3) is 21.2. The third-order valence-corrected chi connectivity index (χ3v) is 20.7. The Kier molecular flexibility index (Phi) is 29.8. The van der Waals surface area contributed by atoms with Crippen molar-refractivity contribution in [3.8, 4) is 21.9 Å². The number of hydrogen-bond acceptors (Lipinski definition) is 15. The first-order chi connectivity index (χ1) is 43.3. The van der Waals surface area contributed by atoms with Gasteiger partial charge in [-0.3, -0.25) is 24.3 Å². The Bertz CT molecular complexity index is 3060. The van der Waals surface area contributed by atoms with Crippen LogP contribution in [0.15, 0.2) is 90.4 Å². The van der Waals surface area contributed by atoms with Gasteiger partial charge in [-0.1, -0.05) is 162 Å². The number of aliphatic imine (C=N–C) groups is 1. The van der Waals surface area contributed by atoms with E-state index >= 15 is 0 Å². The molecule has 2 unspecified atom stereocenters. The third-order valence-electron chi connectivity index (χ3n) is 17.6. The molecule has 0 aliphatic carbocycles. The van der Waals surface area contributed by atoms with E-state index in [1.807, 2.05) is 60.3 Å². The Balaban J connectivity index is 0.818. The van der Waals surface area contributed by atoms with Crippen LogP contribution in [0.1, 0.15) is 192 Å². The highest BCUT2D eigenvalue weighted by Crippen LogP contribution is 2.46. The van der Waals surface area contributed by atoms with Crippen LogP contribution in [-0.4, -0.2) is 125 Å². The summed E-state index contributed by atoms with van der Waals surface area (Å²) in [5.41, 5.74) is 6.26. The number of esters is 1. The number of unbranched alkanes of at least 4 members (excludes halogenated alkanes) is 15. The molecule has 0 saturated carbocycles. The van der Waals surface area contributed by atoms with Crippen LogP contribution in [0.5, 0.6) is 11.5 Å². The summed E-state index contributed by atoms with van der Waals surface area (Å²) < 4.78 is 25.5. The minimum Gasteiger partial charge on any atom is -0.479 e. The summed E-state index contributed by atoms with van der Waals surface area (Å²) in [5.74, 6) is 1.44. The summed E-state index contributed by atoms with van der Waals surface area (Å²) in [6, 6.07) is 24.3. The molecule has 0 bridgehead atoms. The molecule has 2 N–H and O–H groups in total. The Morgan fingerprint density at radius 1 is 0.843 bits per heavy atom. The molecule has 0 spiro atoms. The molecule has 2 saturated heterocycles. The summed E-state index contributed by atoms with van der Waals surface area (Å²) in [5, 5.41) is 8.85. The summed E-state index contributed by atoms with van der Waals surface area (Å²) in [7, 11) is 5.37. The summed E-state index contributed by atoms with van der Waals surface area (Å²) in [6.45, 7) is 16.2. The highest BCUT2D eigenvalue weighted by molar-refractivity contribution is 7.96. The number of piperidine rings is 2. The molecule has 4 aromatic carbocycles. The number of ether oxygens (including phenoxy) is 4. The van der Waals surface area contributed by atoms with Gasteiger partial charge in [0.05, 0.1) is 11.5 Å². The Hall–Kier alpha value is -5.75. The van der Waals surface area contributed by atoms with E-state index in [-0.39, 0.29) is 29.8 Å². The first-order valence-electron chi connectivity index (χ1n) is 32.7. The number of carbonyl (C=O) groups excluding carboxylic acids is 4. The van der Waals surface area contributed by atoms with Crippen LogP contribution in [0, 0.1) is 0 Å². The van der Waals surface area contributed by atoms with Crippen LogP contribution in [0.25, 0.3) is 21.2 Å². The molecule has 2 atom stereocenters. The molecule has 2 aliphatic rings. The lowest BCUT2D eigenvalue weighted by molar-refractivity contribution is -0.146. The Labute approximate surface area is 544 Å². The molecule has 1 aromatic heterocycles. The van der Waals surface area contributed by atoms with E-state index in [0.717, 1.165) is 129 Å². The number of likely N-dealkylation sites (tertiary alicyclic amines) is 1. The zero-order chi connectivity index (χ0) is 63.4. The van der Waals surface area contributed by atoms with Gasteiger partial charge in [0.15, 0.2) is 24.9 Å². The Morgan fingerprint density at radius 2 is 1.52 bits per heavy atom. The van der Waals surface area contributed by atoms with Gasteiger partial charge in [-0.25, -0.2) is 9.10 Å². The normalized spacial score (nSPS) is 15.7. The number of amides is 1. The first-order valence-corrected chi connectivity index (χ1v) is 34.8. The number of halogens is 1. The zero-order valence-corrected chi connectivity index (χ0v) is 56.2. The molecule has 14 nitrogen and oxygen atoms in total. The van der Waals surface area contributed by atoms with Crippen molar-refractivity contribution in [1.82, 2.24) is 14.5 Å². The number of benzene rings is 4. The molecule has 3 heterocycles. The predicted octanol–water partition coefficient (Wildman–Crippen LogP) is 17.2. The number of nitrogens with one attached hydrogen (secondary N) is 2. The standard InChI is InChI=1S/C72H99ClN6O8S2/c1-8-9-32-63(71(83)75-5)77(6)62-36-34-59(60-31-27-29-56(48-80)67(60)62)54-37-40-78(41-38-54)52-87-64-45-53(33-35-61(64)74-4)51-88-79-42-39-58(47-72(79,2)3)76-57-30-26-28-55(46-57)70-68(73)69(65(49-81)89-70)86-50-66(82)85-44-25-23-21-19-17-15-13-11-10-12-14-16-18-20-22-24-43-84-7/h8,26-31,33-36,45-46,48-49,54,58,63,76H,1,4,9-25,32,37-44,47,50-52H2,2-3,5-7H3,(H,75,83). The van der Waals surface area contributed by atoms with Crippen LogP contribution >= 0.6 is 34.9 Å². The SMILES string of the molecule is C=CCCC(C(=O)NC)N(C)c1ccc(C2CCN(COc3cc(CSN4CCC(Nc5cccc(-c6sc(C=O)c(OCC(=O)OCCCCCCCCCCCCCCCCCCOC)c6Cl)c5)CC4(C)C)ccc3N=C)CC2)c2cccc(C=O)c12. The van der Waals surface area contributed by atoms with Crippen LogP contribution in [0.4, 0.5) is 17.1 Å². The van der Waals surface area contributed by atoms with Crippen LogP contribution in [-0.2, 0) is 24.8 Å². The van der Waals surface area contributed by atoms with E-state index in [9.17, 15) is 19.2 Å². The van der Waals surface area contributed by atoms with Crippen LogP contribution in [0.2, 0.25) is 5.02 Å². The molecule has 2 aliphatic heterocycles. The number of rotatable bonds is 41. The lowest BCUT2D eigenvalue weighted by Crippen LogP contribution is -2.49. The van der Waals surface area contributed by atoms with Gasteiger partial charge in [-0.2, -0.15) is 0 Å². The molecule has 1 amide bonds. The van der Waals surface area contributed by atoms with Gasteiger partial charge in [-0.05, 0) is 130 Å². The van der Waals surface area contributed by atoms with Crippen LogP contribution < -0.4 is 25.0 Å². The van der Waals surface area contributed by atoms with Gasteiger partial charge in [-0.15, -0.1) is 17.9 Å². The molecule has 0 radical (unpaired) electrons. The molecular weight excluding hydrogens is 1180 g/mol. The molecule has 7 rings (SSSR count). The highest BCUT2D eigenvalue weighted by Gasteiger charge is 2.36. The van der Waals surface area contributed by atoms with Crippen molar-refractivity contribution in [2.75, 3.05) is 77.6 Å². The molecule has 5 aromatic rings. The molecule has 2 fully saturated rings. The fraction of sp³-hybridized carbons (Fsp3) is 0.542. The van der Waals surface area contributed by atoms with Gasteiger partial charge >= 0.3 is 5.97 Å². The number of methoxy groups -OCH3 is 1. The molecule has 484 valence electrons. The number of nitrogens with zero attached hydrogens (tertiary/aromatic N) is 4. The monoisotopic (exact) mass is 1270 g/mol. The molecule has 17 heteroatoms. The number of carbonyl (C=O) groups is 4. The lowest BCUT2D eigenvalue weighted by atomic mass is 9.85. The molecule has 89 heavy (non-hydrogen) atoms. The number of thiophene rings is 1. The zero-order valence-electron chi connectivity index (χ0n) is 53.8. The minimum absolute atomic E-state index is 0.0727. The maximum atomic E-state index is 13.1. The van der Waals surface area contributed by atoms with Gasteiger partial charge in [0, 0.05) is 87.1 Å². The van der Waals surface area contributed by atoms with Crippen molar-refractivity contribution in [2.45, 2.75) is 184 Å². The largest absolute Gasteiger partial charge is 0.479 e.